The molecule has 0 aromatic heterocycles. The highest BCUT2D eigenvalue weighted by Gasteiger charge is 2.11. The van der Waals surface area contributed by atoms with Crippen molar-refractivity contribution in [2.75, 3.05) is 14.2 Å². The third-order valence-electron chi connectivity index (χ3n) is 3.85. The lowest BCUT2D eigenvalue weighted by Gasteiger charge is -2.12. The van der Waals surface area contributed by atoms with Gasteiger partial charge in [-0.25, -0.2) is 13.6 Å². The number of sulfonamides is 1. The zero-order valence-corrected chi connectivity index (χ0v) is 15.5. The van der Waals surface area contributed by atoms with Crippen LogP contribution in [0.25, 0.3) is 0 Å². The Bertz CT molecular complexity index is 864. The van der Waals surface area contributed by atoms with E-state index in [1.807, 2.05) is 12.1 Å². The van der Waals surface area contributed by atoms with Crippen LogP contribution in [0, 0.1) is 0 Å². The first kappa shape index (κ1) is 19.7. The highest BCUT2D eigenvalue weighted by Crippen LogP contribution is 2.31. The second-order valence-corrected chi connectivity index (χ2v) is 7.18. The molecule has 2 aromatic carbocycles. The molecule has 3 N–H and O–H groups in total. The summed E-state index contributed by atoms with van der Waals surface area (Å²) in [6.07, 6.45) is 0.801. The molecule has 0 atom stereocenters. The van der Waals surface area contributed by atoms with Crippen LogP contribution < -0.4 is 19.9 Å². The molecule has 26 heavy (non-hydrogen) atoms. The van der Waals surface area contributed by atoms with Crippen LogP contribution in [0.4, 0.5) is 0 Å². The molecule has 8 heteroatoms. The quantitative estimate of drug-likeness (QED) is 0.725. The number of methoxy groups -OCH3 is 2. The lowest BCUT2D eigenvalue weighted by molar-refractivity contribution is -0.121. The van der Waals surface area contributed by atoms with Crippen molar-refractivity contribution in [3.63, 3.8) is 0 Å². The van der Waals surface area contributed by atoms with Crippen LogP contribution in [-0.2, 0) is 27.8 Å². The fourth-order valence-corrected chi connectivity index (χ4v) is 3.00. The van der Waals surface area contributed by atoms with Crippen LogP contribution in [0.15, 0.2) is 47.4 Å². The minimum absolute atomic E-state index is 0.0395. The van der Waals surface area contributed by atoms with Gasteiger partial charge in [0.05, 0.1) is 19.1 Å². The molecule has 1 amide bonds. The van der Waals surface area contributed by atoms with E-state index in [0.29, 0.717) is 30.9 Å². The van der Waals surface area contributed by atoms with Gasteiger partial charge in [0.2, 0.25) is 15.9 Å². The molecule has 140 valence electrons. The van der Waals surface area contributed by atoms with Crippen LogP contribution in [0.1, 0.15) is 17.5 Å². The zero-order chi connectivity index (χ0) is 19.2. The first-order valence-electron chi connectivity index (χ1n) is 7.93. The summed E-state index contributed by atoms with van der Waals surface area (Å²) in [4.78, 5) is 12.1. The van der Waals surface area contributed by atoms with E-state index < -0.39 is 10.0 Å². The van der Waals surface area contributed by atoms with Gasteiger partial charge in [-0.1, -0.05) is 24.3 Å². The highest BCUT2D eigenvalue weighted by atomic mass is 32.2. The van der Waals surface area contributed by atoms with Crippen LogP contribution in [-0.4, -0.2) is 28.5 Å². The van der Waals surface area contributed by atoms with E-state index in [2.05, 4.69) is 5.32 Å². The number of nitrogens with one attached hydrogen (secondary N) is 1. The molecule has 0 saturated heterocycles. The predicted octanol–water partition coefficient (Wildman–Crippen LogP) is 1.60. The van der Waals surface area contributed by atoms with Crippen LogP contribution in [0.3, 0.4) is 0 Å². The number of primary sulfonamides is 1. The maximum absolute atomic E-state index is 12.1. The minimum Gasteiger partial charge on any atom is -0.493 e. The van der Waals surface area contributed by atoms with Gasteiger partial charge in [-0.2, -0.15) is 0 Å². The number of benzene rings is 2. The molecule has 7 nitrogen and oxygen atoms in total. The van der Waals surface area contributed by atoms with E-state index in [1.54, 1.807) is 32.4 Å². The van der Waals surface area contributed by atoms with Crippen molar-refractivity contribution in [1.82, 2.24) is 5.32 Å². The standard InChI is InChI=1S/C18H22N2O5S/c1-24-16-5-3-4-14(18(16)25-2)8-11-17(21)20-12-13-6-9-15(10-7-13)26(19,22)23/h3-7,9-10H,8,11-12H2,1-2H3,(H,20,21)(H2,19,22,23). The number of ether oxygens (including phenoxy) is 2. The van der Waals surface area contributed by atoms with E-state index in [9.17, 15) is 13.2 Å². The summed E-state index contributed by atoms with van der Waals surface area (Å²) < 4.78 is 33.0. The van der Waals surface area contributed by atoms with E-state index in [1.165, 1.54) is 12.1 Å². The molecule has 0 aliphatic carbocycles. The van der Waals surface area contributed by atoms with Gasteiger partial charge in [0.1, 0.15) is 0 Å². The zero-order valence-electron chi connectivity index (χ0n) is 14.7. The van der Waals surface area contributed by atoms with Gasteiger partial charge in [-0.05, 0) is 35.7 Å². The third kappa shape index (κ3) is 5.21. The Kier molecular flexibility index (Phi) is 6.59. The number of hydrogen-bond acceptors (Lipinski definition) is 5. The maximum atomic E-state index is 12.1. The monoisotopic (exact) mass is 378 g/mol. The number of rotatable bonds is 8. The van der Waals surface area contributed by atoms with Crippen molar-refractivity contribution < 1.29 is 22.7 Å². The normalized spacial score (nSPS) is 11.0. The third-order valence-corrected chi connectivity index (χ3v) is 4.78. The molecule has 0 aliphatic rings. The number of nitrogens with two attached hydrogens (primary N) is 1. The minimum atomic E-state index is -3.71. The number of para-hydroxylation sites is 1. The molecule has 2 rings (SSSR count). The highest BCUT2D eigenvalue weighted by molar-refractivity contribution is 7.89. The summed E-state index contributed by atoms with van der Waals surface area (Å²) in [5.74, 6) is 1.13. The second kappa shape index (κ2) is 8.68. The van der Waals surface area contributed by atoms with E-state index in [4.69, 9.17) is 14.6 Å². The summed E-state index contributed by atoms with van der Waals surface area (Å²) in [6.45, 7) is 0.305. The Morgan fingerprint density at radius 3 is 2.35 bits per heavy atom. The summed E-state index contributed by atoms with van der Waals surface area (Å²) in [7, 11) is -0.585. The van der Waals surface area contributed by atoms with Crippen LogP contribution >= 0.6 is 0 Å². The van der Waals surface area contributed by atoms with Gasteiger partial charge in [-0.3, -0.25) is 4.79 Å². The largest absolute Gasteiger partial charge is 0.493 e. The molecule has 0 radical (unpaired) electrons. The molecule has 0 spiro atoms. The lowest BCUT2D eigenvalue weighted by atomic mass is 10.1. The average Bonchev–Trinajstić information content (AvgIpc) is 2.63. The Hall–Kier alpha value is -2.58. The summed E-state index contributed by atoms with van der Waals surface area (Å²) in [5, 5.41) is 7.85. The molecule has 0 unspecified atom stereocenters. The maximum Gasteiger partial charge on any atom is 0.238 e. The summed E-state index contributed by atoms with van der Waals surface area (Å²) in [5.41, 5.74) is 1.67. The number of amides is 1. The molecule has 0 fully saturated rings. The number of hydrogen-bond donors (Lipinski definition) is 2. The van der Waals surface area contributed by atoms with Crippen LogP contribution in [0.2, 0.25) is 0 Å². The Balaban J connectivity index is 1.90. The SMILES string of the molecule is COc1cccc(CCC(=O)NCc2ccc(S(N)(=O)=O)cc2)c1OC. The van der Waals surface area contributed by atoms with Gasteiger partial charge in [0.15, 0.2) is 11.5 Å². The van der Waals surface area contributed by atoms with Gasteiger partial charge in [0, 0.05) is 13.0 Å². The average molecular weight is 378 g/mol. The smallest absolute Gasteiger partial charge is 0.238 e. The van der Waals surface area contributed by atoms with Crippen molar-refractivity contribution >= 4 is 15.9 Å². The summed E-state index contributed by atoms with van der Waals surface area (Å²) in [6, 6.07) is 11.6. The van der Waals surface area contributed by atoms with Crippen molar-refractivity contribution in [2.45, 2.75) is 24.3 Å². The molecule has 0 aliphatic heterocycles. The van der Waals surface area contributed by atoms with Gasteiger partial charge in [-0.15, -0.1) is 0 Å². The van der Waals surface area contributed by atoms with Crippen LogP contribution in [0.5, 0.6) is 11.5 Å². The first-order chi connectivity index (χ1) is 12.3. The first-order valence-corrected chi connectivity index (χ1v) is 9.48. The van der Waals surface area contributed by atoms with E-state index in [-0.39, 0.29) is 10.8 Å². The van der Waals surface area contributed by atoms with Gasteiger partial charge >= 0.3 is 0 Å². The molecule has 2 aromatic rings. The Morgan fingerprint density at radius 2 is 1.77 bits per heavy atom. The Morgan fingerprint density at radius 1 is 1.08 bits per heavy atom. The van der Waals surface area contributed by atoms with Crippen molar-refractivity contribution in [3.8, 4) is 11.5 Å². The van der Waals surface area contributed by atoms with E-state index >= 15 is 0 Å². The Labute approximate surface area is 153 Å². The fourth-order valence-electron chi connectivity index (χ4n) is 2.48. The number of carbonyl (C=O) groups excluding carboxylic acids is 1. The van der Waals surface area contributed by atoms with Crippen molar-refractivity contribution in [3.05, 3.63) is 53.6 Å². The lowest BCUT2D eigenvalue weighted by Crippen LogP contribution is -2.23. The topological polar surface area (TPSA) is 108 Å². The van der Waals surface area contributed by atoms with E-state index in [0.717, 1.165) is 11.1 Å². The van der Waals surface area contributed by atoms with Crippen molar-refractivity contribution in [1.29, 1.82) is 0 Å². The molecule has 0 heterocycles. The van der Waals surface area contributed by atoms with Gasteiger partial charge in [0.25, 0.3) is 0 Å². The number of carbonyl (C=O) groups is 1. The molecular weight excluding hydrogens is 356 g/mol. The molecule has 0 bridgehead atoms. The molecule has 0 saturated carbocycles. The summed E-state index contributed by atoms with van der Waals surface area (Å²) >= 11 is 0. The number of aryl methyl sites for hydroxylation is 1. The molecular formula is C18H22N2O5S. The van der Waals surface area contributed by atoms with Gasteiger partial charge < -0.3 is 14.8 Å². The second-order valence-electron chi connectivity index (χ2n) is 5.62. The van der Waals surface area contributed by atoms with Crippen molar-refractivity contribution in [2.24, 2.45) is 5.14 Å². The predicted molar refractivity (Wildman–Crippen MR) is 97.5 cm³/mol. The fraction of sp³-hybridized carbons (Fsp3) is 0.278.